The van der Waals surface area contributed by atoms with E-state index in [-0.39, 0.29) is 29.0 Å². The van der Waals surface area contributed by atoms with E-state index in [0.717, 1.165) is 6.21 Å². The molecule has 4 aromatic rings. The Morgan fingerprint density at radius 3 is 2.69 bits per heavy atom. The molecule has 0 atom stereocenters. The Morgan fingerprint density at radius 1 is 1.09 bits per heavy atom. The smallest absolute Gasteiger partial charge is 0.349 e. The van der Waals surface area contributed by atoms with Gasteiger partial charge in [-0.2, -0.15) is 5.10 Å². The van der Waals surface area contributed by atoms with Gasteiger partial charge in [0, 0.05) is 11.6 Å². The fourth-order valence-electron chi connectivity index (χ4n) is 3.05. The average molecular weight is 434 g/mol. The molecule has 1 aromatic heterocycles. The molecule has 0 saturated heterocycles. The number of halogens is 1. The monoisotopic (exact) mass is 434 g/mol. The highest BCUT2D eigenvalue weighted by molar-refractivity contribution is 5.82. The van der Waals surface area contributed by atoms with Crippen LogP contribution in [0.4, 0.5) is 10.1 Å². The van der Waals surface area contributed by atoms with Crippen molar-refractivity contribution in [2.45, 2.75) is 6.61 Å². The van der Waals surface area contributed by atoms with E-state index >= 15 is 0 Å². The molecule has 3 aromatic carbocycles. The number of hydrogen-bond acceptors (Lipinski definition) is 6. The minimum absolute atomic E-state index is 0.0165. The van der Waals surface area contributed by atoms with Gasteiger partial charge < -0.3 is 9.72 Å². The summed E-state index contributed by atoms with van der Waals surface area (Å²) in [7, 11) is 0. The normalized spacial score (nSPS) is 11.2. The van der Waals surface area contributed by atoms with Crippen LogP contribution in [0.1, 0.15) is 11.1 Å². The summed E-state index contributed by atoms with van der Waals surface area (Å²) >= 11 is 0. The predicted molar refractivity (Wildman–Crippen MR) is 116 cm³/mol. The van der Waals surface area contributed by atoms with E-state index in [9.17, 15) is 24.1 Å². The van der Waals surface area contributed by atoms with Gasteiger partial charge >= 0.3 is 11.4 Å². The van der Waals surface area contributed by atoms with E-state index in [1.165, 1.54) is 36.4 Å². The van der Waals surface area contributed by atoms with Crippen LogP contribution in [0, 0.1) is 15.9 Å². The van der Waals surface area contributed by atoms with E-state index in [2.05, 4.69) is 10.1 Å². The van der Waals surface area contributed by atoms with Gasteiger partial charge in [0.2, 0.25) is 0 Å². The van der Waals surface area contributed by atoms with Crippen LogP contribution >= 0.6 is 0 Å². The van der Waals surface area contributed by atoms with Crippen LogP contribution < -0.4 is 16.0 Å². The van der Waals surface area contributed by atoms with Crippen molar-refractivity contribution in [3.63, 3.8) is 0 Å². The number of rotatable bonds is 6. The van der Waals surface area contributed by atoms with E-state index in [1.807, 2.05) is 0 Å². The lowest BCUT2D eigenvalue weighted by atomic mass is 10.2. The summed E-state index contributed by atoms with van der Waals surface area (Å²) in [5.74, 6) is -0.455. The van der Waals surface area contributed by atoms with E-state index in [0.29, 0.717) is 15.8 Å². The SMILES string of the molecule is O=c1[nH]c2ccccc2c(=O)n1N=Cc1ccc(OCc2cccc(F)c2)c([N+](=O)[O-])c1. The number of para-hydroxylation sites is 1. The molecule has 32 heavy (non-hydrogen) atoms. The first kappa shape index (κ1) is 20.7. The van der Waals surface area contributed by atoms with Gasteiger partial charge in [-0.25, -0.2) is 9.18 Å². The summed E-state index contributed by atoms with van der Waals surface area (Å²) < 4.78 is 19.4. The molecule has 4 rings (SSSR count). The average Bonchev–Trinajstić information content (AvgIpc) is 2.78. The lowest BCUT2D eigenvalue weighted by molar-refractivity contribution is -0.385. The van der Waals surface area contributed by atoms with Gasteiger partial charge in [0.25, 0.3) is 5.56 Å². The molecule has 0 aliphatic rings. The number of benzene rings is 3. The van der Waals surface area contributed by atoms with Crippen molar-refractivity contribution in [2.24, 2.45) is 5.10 Å². The molecule has 9 nitrogen and oxygen atoms in total. The predicted octanol–water partition coefficient (Wildman–Crippen LogP) is 3.20. The second-order valence-electron chi connectivity index (χ2n) is 6.74. The van der Waals surface area contributed by atoms with Crippen LogP contribution in [0.15, 0.2) is 81.4 Å². The Labute approximate surface area is 179 Å². The maximum Gasteiger partial charge on any atom is 0.349 e. The number of H-pyrrole nitrogens is 1. The molecule has 1 heterocycles. The van der Waals surface area contributed by atoms with Crippen molar-refractivity contribution in [1.82, 2.24) is 9.66 Å². The largest absolute Gasteiger partial charge is 0.482 e. The topological polar surface area (TPSA) is 120 Å². The Morgan fingerprint density at radius 2 is 1.91 bits per heavy atom. The van der Waals surface area contributed by atoms with Crippen molar-refractivity contribution >= 4 is 22.8 Å². The molecule has 0 fully saturated rings. The first-order valence-corrected chi connectivity index (χ1v) is 9.36. The highest BCUT2D eigenvalue weighted by atomic mass is 19.1. The summed E-state index contributed by atoms with van der Waals surface area (Å²) in [6, 6.07) is 16.2. The molecule has 0 radical (unpaired) electrons. The van der Waals surface area contributed by atoms with Crippen LogP contribution in [0.25, 0.3) is 10.9 Å². The zero-order valence-electron chi connectivity index (χ0n) is 16.4. The van der Waals surface area contributed by atoms with Crippen molar-refractivity contribution in [3.8, 4) is 5.75 Å². The van der Waals surface area contributed by atoms with E-state index in [1.54, 1.807) is 30.3 Å². The third kappa shape index (κ3) is 4.29. The molecule has 160 valence electrons. The first-order chi connectivity index (χ1) is 15.4. The zero-order valence-corrected chi connectivity index (χ0v) is 16.4. The Kier molecular flexibility index (Phi) is 5.58. The van der Waals surface area contributed by atoms with Crippen LogP contribution in [0.3, 0.4) is 0 Å². The third-order valence-corrected chi connectivity index (χ3v) is 4.57. The van der Waals surface area contributed by atoms with Gasteiger partial charge in [0.1, 0.15) is 12.4 Å². The van der Waals surface area contributed by atoms with Crippen LogP contribution in [0.5, 0.6) is 5.75 Å². The molecule has 0 unspecified atom stereocenters. The Bertz CT molecular complexity index is 1480. The second-order valence-corrected chi connectivity index (χ2v) is 6.74. The van der Waals surface area contributed by atoms with Gasteiger partial charge in [0.15, 0.2) is 5.75 Å². The number of nitro benzene ring substituents is 1. The highest BCUT2D eigenvalue weighted by Gasteiger charge is 2.16. The highest BCUT2D eigenvalue weighted by Crippen LogP contribution is 2.28. The molecule has 0 spiro atoms. The maximum atomic E-state index is 13.3. The van der Waals surface area contributed by atoms with Crippen LogP contribution in [0.2, 0.25) is 0 Å². The number of nitrogens with one attached hydrogen (secondary N) is 1. The minimum Gasteiger partial charge on any atom is -0.482 e. The number of aromatic amines is 1. The molecule has 0 aliphatic carbocycles. The summed E-state index contributed by atoms with van der Waals surface area (Å²) in [5, 5.41) is 15.6. The molecule has 1 N–H and O–H groups in total. The molecule has 10 heteroatoms. The van der Waals surface area contributed by atoms with Gasteiger partial charge in [-0.15, -0.1) is 4.68 Å². The lowest BCUT2D eigenvalue weighted by Crippen LogP contribution is -2.32. The fourth-order valence-corrected chi connectivity index (χ4v) is 3.05. The molecule has 0 bridgehead atoms. The number of hydrogen-bond donors (Lipinski definition) is 1. The number of fused-ring (bicyclic) bond motifs is 1. The first-order valence-electron chi connectivity index (χ1n) is 9.36. The molecular weight excluding hydrogens is 419 g/mol. The quantitative estimate of drug-likeness (QED) is 0.284. The molecule has 0 saturated carbocycles. The summed E-state index contributed by atoms with van der Waals surface area (Å²) in [6.07, 6.45) is 1.16. The number of nitrogens with zero attached hydrogens (tertiary/aromatic N) is 3. The van der Waals surface area contributed by atoms with Crippen molar-refractivity contribution in [1.29, 1.82) is 0 Å². The third-order valence-electron chi connectivity index (χ3n) is 4.57. The minimum atomic E-state index is -0.741. The Balaban J connectivity index is 1.62. The number of aromatic nitrogens is 2. The van der Waals surface area contributed by atoms with Gasteiger partial charge in [-0.1, -0.05) is 24.3 Å². The van der Waals surface area contributed by atoms with Crippen molar-refractivity contribution in [2.75, 3.05) is 0 Å². The van der Waals surface area contributed by atoms with Gasteiger partial charge in [-0.3, -0.25) is 14.9 Å². The van der Waals surface area contributed by atoms with E-state index < -0.39 is 22.0 Å². The van der Waals surface area contributed by atoms with Crippen molar-refractivity contribution in [3.05, 3.63) is 115 Å². The molecule has 0 aliphatic heterocycles. The zero-order chi connectivity index (χ0) is 22.7. The maximum absolute atomic E-state index is 13.3. The molecular formula is C22H15FN4O5. The lowest BCUT2D eigenvalue weighted by Gasteiger charge is -2.07. The number of ether oxygens (including phenoxy) is 1. The van der Waals surface area contributed by atoms with Crippen LogP contribution in [-0.2, 0) is 6.61 Å². The van der Waals surface area contributed by atoms with Crippen molar-refractivity contribution < 1.29 is 14.1 Å². The second kappa shape index (κ2) is 8.64. The molecule has 0 amide bonds. The van der Waals surface area contributed by atoms with Gasteiger partial charge in [0.05, 0.1) is 22.0 Å². The van der Waals surface area contributed by atoms with E-state index in [4.69, 9.17) is 4.74 Å². The Hall–Kier alpha value is -4.60. The van der Waals surface area contributed by atoms with Crippen LogP contribution in [-0.4, -0.2) is 20.8 Å². The van der Waals surface area contributed by atoms with Gasteiger partial charge in [-0.05, 0) is 42.0 Å². The summed E-state index contributed by atoms with van der Waals surface area (Å²) in [5.41, 5.74) is -0.539. The fraction of sp³-hybridized carbons (Fsp3) is 0.0455. The summed E-state index contributed by atoms with van der Waals surface area (Å²) in [6.45, 7) is -0.0616. The summed E-state index contributed by atoms with van der Waals surface area (Å²) in [4.78, 5) is 38.1. The number of nitro groups is 1. The standard InChI is InChI=1S/C22H15FN4O5/c23-16-5-3-4-15(10-16)13-32-20-9-8-14(11-19(20)27(30)31)12-24-26-21(28)17-6-1-2-7-18(17)25-22(26)29/h1-12H,13H2,(H,25,29).